The molecule has 2 aliphatic rings. The highest BCUT2D eigenvalue weighted by atomic mass is 35.7. The first kappa shape index (κ1) is 31.1. The molecule has 46 heavy (non-hydrogen) atoms. The van der Waals surface area contributed by atoms with Crippen molar-refractivity contribution in [2.24, 2.45) is 0 Å². The molecule has 0 aliphatic carbocycles. The number of hydrogen-bond donors (Lipinski definition) is 0. The predicted molar refractivity (Wildman–Crippen MR) is 180 cm³/mol. The maximum absolute atomic E-state index is 12.0. The summed E-state index contributed by atoms with van der Waals surface area (Å²) in [4.78, 5) is 1.86. The van der Waals surface area contributed by atoms with E-state index in [9.17, 15) is 16.8 Å². The van der Waals surface area contributed by atoms with Gasteiger partial charge in [0.15, 0.2) is 23.0 Å². The van der Waals surface area contributed by atoms with Crippen molar-refractivity contribution < 1.29 is 35.8 Å². The first-order chi connectivity index (χ1) is 22.0. The van der Waals surface area contributed by atoms with Crippen LogP contribution < -0.4 is 18.9 Å². The molecule has 0 amide bonds. The van der Waals surface area contributed by atoms with Crippen LogP contribution in [-0.4, -0.2) is 30.4 Å². The second-order valence-electron chi connectivity index (χ2n) is 10.3. The second-order valence-corrected chi connectivity index (χ2v) is 17.6. The molecule has 0 bridgehead atoms. The van der Waals surface area contributed by atoms with E-state index >= 15 is 0 Å². The average Bonchev–Trinajstić information content (AvgIpc) is 3.80. The highest BCUT2D eigenvalue weighted by molar-refractivity contribution is 8.14. The summed E-state index contributed by atoms with van der Waals surface area (Å²) in [5.41, 5.74) is 1.89. The van der Waals surface area contributed by atoms with E-state index in [4.69, 9.17) is 40.3 Å². The molecule has 0 fully saturated rings. The predicted octanol–water partition coefficient (Wildman–Crippen LogP) is 8.30. The lowest BCUT2D eigenvalue weighted by Gasteiger charge is -2.04. The van der Waals surface area contributed by atoms with E-state index in [1.54, 1.807) is 12.1 Å². The zero-order chi connectivity index (χ0) is 32.1. The maximum Gasteiger partial charge on any atom is 0.263 e. The lowest BCUT2D eigenvalue weighted by atomic mass is 10.1. The minimum atomic E-state index is -3.82. The van der Waals surface area contributed by atoms with Gasteiger partial charge in [-0.25, -0.2) is 16.8 Å². The minimum Gasteiger partial charge on any atom is -0.454 e. The quantitative estimate of drug-likeness (QED) is 0.158. The van der Waals surface area contributed by atoms with Crippen LogP contribution in [0.5, 0.6) is 23.0 Å². The normalized spacial score (nSPS) is 13.6. The molecule has 2 aliphatic heterocycles. The zero-order valence-electron chi connectivity index (χ0n) is 23.6. The third kappa shape index (κ3) is 6.25. The highest BCUT2D eigenvalue weighted by Gasteiger charge is 2.25. The van der Waals surface area contributed by atoms with Crippen LogP contribution in [-0.2, 0) is 30.9 Å². The molecule has 0 saturated heterocycles. The molecule has 6 aromatic rings. The van der Waals surface area contributed by atoms with Crippen LogP contribution in [0.2, 0.25) is 0 Å². The lowest BCUT2D eigenvalue weighted by molar-refractivity contribution is 0.173. The monoisotopic (exact) mass is 732 g/mol. The van der Waals surface area contributed by atoms with Crippen LogP contribution in [0.1, 0.15) is 20.9 Å². The van der Waals surface area contributed by atoms with E-state index in [1.807, 2.05) is 72.8 Å². The van der Waals surface area contributed by atoms with Gasteiger partial charge >= 0.3 is 0 Å². The molecular formula is C32H22Cl2O8S4. The second kappa shape index (κ2) is 12.3. The summed E-state index contributed by atoms with van der Waals surface area (Å²) < 4.78 is 71.3. The fraction of sp³-hybridized carbons (Fsp3) is 0.125. The van der Waals surface area contributed by atoms with Crippen molar-refractivity contribution in [3.8, 4) is 23.0 Å². The SMILES string of the molecule is O=S(=O)(Cl)c1c(Cc2ccc3c(c2)OCO3)sc2ccccc12.O=S(=O)(Cl)c1c(Cc2ccc3c(c2)OCO3)sc2ccccc12. The van der Waals surface area contributed by atoms with Crippen molar-refractivity contribution in [2.75, 3.05) is 13.6 Å². The largest absolute Gasteiger partial charge is 0.454 e. The van der Waals surface area contributed by atoms with Gasteiger partial charge in [-0.1, -0.05) is 48.5 Å². The van der Waals surface area contributed by atoms with Crippen LogP contribution in [0.4, 0.5) is 0 Å². The van der Waals surface area contributed by atoms with E-state index in [2.05, 4.69) is 0 Å². The third-order valence-electron chi connectivity index (χ3n) is 7.33. The first-order valence-corrected chi connectivity index (χ1v) is 20.0. The van der Waals surface area contributed by atoms with Crippen molar-refractivity contribution in [1.29, 1.82) is 0 Å². The Balaban J connectivity index is 0.000000147. The standard InChI is InChI=1S/2C16H11ClO4S2/c2*17-23(18,19)16-11-3-1-2-4-14(11)22-15(16)8-10-5-6-12-13(7-10)21-9-20-12/h2*1-7H,8-9H2. The van der Waals surface area contributed by atoms with Gasteiger partial charge in [-0.05, 0) is 47.5 Å². The Hall–Kier alpha value is -3.52. The molecule has 0 radical (unpaired) electrons. The van der Waals surface area contributed by atoms with Crippen molar-refractivity contribution in [2.45, 2.75) is 22.6 Å². The number of rotatable bonds is 6. The molecule has 4 heterocycles. The van der Waals surface area contributed by atoms with Crippen molar-refractivity contribution in [1.82, 2.24) is 0 Å². The van der Waals surface area contributed by atoms with Crippen LogP contribution in [0.25, 0.3) is 20.2 Å². The Kier molecular flexibility index (Phi) is 8.28. The zero-order valence-corrected chi connectivity index (χ0v) is 28.3. The number of fused-ring (bicyclic) bond motifs is 4. The molecule has 236 valence electrons. The van der Waals surface area contributed by atoms with Gasteiger partial charge in [0.2, 0.25) is 13.6 Å². The van der Waals surface area contributed by atoms with E-state index in [0.717, 1.165) is 30.3 Å². The van der Waals surface area contributed by atoms with Crippen molar-refractivity contribution in [3.63, 3.8) is 0 Å². The van der Waals surface area contributed by atoms with E-state index in [0.29, 0.717) is 46.6 Å². The number of halogens is 2. The first-order valence-electron chi connectivity index (χ1n) is 13.7. The minimum absolute atomic E-state index is 0.206. The summed E-state index contributed by atoms with van der Waals surface area (Å²) in [5.74, 6) is 2.77. The fourth-order valence-electron chi connectivity index (χ4n) is 5.38. The van der Waals surface area contributed by atoms with Crippen molar-refractivity contribution in [3.05, 3.63) is 106 Å². The summed E-state index contributed by atoms with van der Waals surface area (Å²) in [6.45, 7) is 0.423. The molecule has 4 aromatic carbocycles. The molecule has 0 atom stereocenters. The lowest BCUT2D eigenvalue weighted by Crippen LogP contribution is -1.95. The van der Waals surface area contributed by atoms with Gasteiger partial charge in [0, 0.05) is 64.1 Å². The number of thiophene rings is 2. The Morgan fingerprint density at radius 3 is 1.35 bits per heavy atom. The average molecular weight is 734 g/mol. The molecule has 0 N–H and O–H groups in total. The summed E-state index contributed by atoms with van der Waals surface area (Å²) in [7, 11) is 3.71. The molecule has 0 unspecified atom stereocenters. The maximum atomic E-state index is 12.0. The van der Waals surface area contributed by atoms with Crippen LogP contribution in [0.3, 0.4) is 0 Å². The topological polar surface area (TPSA) is 105 Å². The molecule has 0 saturated carbocycles. The molecule has 8 nitrogen and oxygen atoms in total. The van der Waals surface area contributed by atoms with Gasteiger partial charge in [-0.3, -0.25) is 0 Å². The van der Waals surface area contributed by atoms with Gasteiger partial charge in [0.25, 0.3) is 18.1 Å². The van der Waals surface area contributed by atoms with Crippen LogP contribution in [0, 0.1) is 0 Å². The number of benzene rings is 4. The molecule has 8 rings (SSSR count). The van der Waals surface area contributed by atoms with Crippen LogP contribution >= 0.6 is 44.0 Å². The summed E-state index contributed by atoms with van der Waals surface area (Å²) >= 11 is 2.89. The van der Waals surface area contributed by atoms with Gasteiger partial charge in [0.05, 0.1) is 0 Å². The van der Waals surface area contributed by atoms with Gasteiger partial charge in [0.1, 0.15) is 9.79 Å². The van der Waals surface area contributed by atoms with Crippen LogP contribution in [0.15, 0.2) is 94.7 Å². The summed E-state index contributed by atoms with van der Waals surface area (Å²) in [6, 6.07) is 26.0. The molecular weight excluding hydrogens is 712 g/mol. The highest BCUT2D eigenvalue weighted by Crippen LogP contribution is 2.41. The third-order valence-corrected chi connectivity index (χ3v) is 12.8. The summed E-state index contributed by atoms with van der Waals surface area (Å²) in [6.07, 6.45) is 0.939. The van der Waals surface area contributed by atoms with E-state index in [-0.39, 0.29) is 23.4 Å². The van der Waals surface area contributed by atoms with Gasteiger partial charge < -0.3 is 18.9 Å². The smallest absolute Gasteiger partial charge is 0.263 e. The Morgan fingerprint density at radius 1 is 0.543 bits per heavy atom. The Bertz CT molecular complexity index is 2180. The van der Waals surface area contributed by atoms with E-state index < -0.39 is 18.1 Å². The summed E-state index contributed by atoms with van der Waals surface area (Å²) in [5, 5.41) is 1.34. The number of hydrogen-bond acceptors (Lipinski definition) is 10. The Labute approximate surface area is 281 Å². The molecule has 2 aromatic heterocycles. The number of ether oxygens (including phenoxy) is 4. The Morgan fingerprint density at radius 2 is 0.935 bits per heavy atom. The molecule has 14 heteroatoms. The van der Waals surface area contributed by atoms with E-state index in [1.165, 1.54) is 22.7 Å². The van der Waals surface area contributed by atoms with Gasteiger partial charge in [-0.15, -0.1) is 22.7 Å². The van der Waals surface area contributed by atoms with Gasteiger partial charge in [-0.2, -0.15) is 0 Å². The molecule has 0 spiro atoms. The van der Waals surface area contributed by atoms with Crippen molar-refractivity contribution >= 4 is 82.3 Å². The fourth-order valence-corrected chi connectivity index (χ4v) is 11.6.